The van der Waals surface area contributed by atoms with Gasteiger partial charge in [-0.05, 0) is 44.4 Å². The molecule has 7 nitrogen and oxygen atoms in total. The number of carbonyl (C=O) groups is 2. The SMILES string of the molecule is Cc1ccc(N(C(=O)[C@H](F)Cl)C(C)(C(=O)NC2CCOCC2)c2cncnc2)c(F)c1. The van der Waals surface area contributed by atoms with Gasteiger partial charge in [0.15, 0.2) is 5.54 Å². The van der Waals surface area contributed by atoms with Gasteiger partial charge < -0.3 is 10.1 Å². The van der Waals surface area contributed by atoms with Crippen molar-refractivity contribution in [2.24, 2.45) is 0 Å². The molecule has 2 atom stereocenters. The average Bonchev–Trinajstić information content (AvgIpc) is 2.76. The molecule has 1 unspecified atom stereocenters. The maximum atomic E-state index is 15.0. The molecular formula is C21H23ClF2N4O3. The lowest BCUT2D eigenvalue weighted by Crippen LogP contribution is -2.60. The Morgan fingerprint density at radius 3 is 2.52 bits per heavy atom. The van der Waals surface area contributed by atoms with Gasteiger partial charge in [0.2, 0.25) is 0 Å². The van der Waals surface area contributed by atoms with Crippen LogP contribution in [0, 0.1) is 12.7 Å². The molecule has 3 rings (SSSR count). The van der Waals surface area contributed by atoms with Crippen LogP contribution < -0.4 is 10.2 Å². The fourth-order valence-electron chi connectivity index (χ4n) is 3.55. The van der Waals surface area contributed by atoms with Gasteiger partial charge in [-0.25, -0.2) is 18.7 Å². The molecular weight excluding hydrogens is 430 g/mol. The number of hydrogen-bond donors (Lipinski definition) is 1. The van der Waals surface area contributed by atoms with Gasteiger partial charge in [0.25, 0.3) is 17.4 Å². The van der Waals surface area contributed by atoms with E-state index in [0.29, 0.717) is 31.6 Å². The summed E-state index contributed by atoms with van der Waals surface area (Å²) in [5.41, 5.74) is -3.91. The smallest absolute Gasteiger partial charge is 0.278 e. The molecule has 1 aromatic carbocycles. The summed E-state index contributed by atoms with van der Waals surface area (Å²) in [6.45, 7) is 4.00. The highest BCUT2D eigenvalue weighted by Crippen LogP contribution is 2.36. The molecule has 1 aliphatic rings. The van der Waals surface area contributed by atoms with Crippen LogP contribution in [0.5, 0.6) is 0 Å². The van der Waals surface area contributed by atoms with Gasteiger partial charge in [-0.1, -0.05) is 17.7 Å². The third-order valence-corrected chi connectivity index (χ3v) is 5.51. The minimum Gasteiger partial charge on any atom is -0.381 e. The lowest BCUT2D eigenvalue weighted by molar-refractivity contribution is -0.132. The monoisotopic (exact) mass is 452 g/mol. The molecule has 0 aliphatic carbocycles. The summed E-state index contributed by atoms with van der Waals surface area (Å²) in [5, 5.41) is 2.88. The van der Waals surface area contributed by atoms with E-state index < -0.39 is 28.8 Å². The van der Waals surface area contributed by atoms with Gasteiger partial charge >= 0.3 is 0 Å². The first kappa shape index (κ1) is 23.0. The Kier molecular flexibility index (Phi) is 7.17. The molecule has 2 heterocycles. The molecule has 1 fully saturated rings. The van der Waals surface area contributed by atoms with Crippen LogP contribution in [0.25, 0.3) is 0 Å². The van der Waals surface area contributed by atoms with Gasteiger partial charge in [0, 0.05) is 37.2 Å². The number of benzene rings is 1. The normalized spacial score (nSPS) is 17.5. The second-order valence-electron chi connectivity index (χ2n) is 7.49. The maximum Gasteiger partial charge on any atom is 0.278 e. The van der Waals surface area contributed by atoms with Crippen molar-refractivity contribution in [1.82, 2.24) is 15.3 Å². The van der Waals surface area contributed by atoms with E-state index in [9.17, 15) is 18.4 Å². The van der Waals surface area contributed by atoms with Crippen LogP contribution in [0.1, 0.15) is 30.9 Å². The van der Waals surface area contributed by atoms with Crippen molar-refractivity contribution in [3.63, 3.8) is 0 Å². The number of anilines is 1. The van der Waals surface area contributed by atoms with Crippen molar-refractivity contribution in [1.29, 1.82) is 0 Å². The van der Waals surface area contributed by atoms with Crippen LogP contribution in [0.3, 0.4) is 0 Å². The molecule has 0 bridgehead atoms. The third kappa shape index (κ3) is 4.83. The summed E-state index contributed by atoms with van der Waals surface area (Å²) >= 11 is 5.49. The van der Waals surface area contributed by atoms with E-state index >= 15 is 0 Å². The fourth-order valence-corrected chi connectivity index (χ4v) is 3.65. The van der Waals surface area contributed by atoms with Gasteiger partial charge in [-0.2, -0.15) is 0 Å². The predicted octanol–water partition coefficient (Wildman–Crippen LogP) is 3.00. The second-order valence-corrected chi connectivity index (χ2v) is 7.87. The maximum absolute atomic E-state index is 15.0. The minimum atomic E-state index is -2.50. The zero-order valence-electron chi connectivity index (χ0n) is 17.1. The summed E-state index contributed by atoms with van der Waals surface area (Å²) in [4.78, 5) is 35.1. The standard InChI is InChI=1S/C21H23ClF2N4O3/c1-13-3-4-17(16(23)9-13)28(19(29)18(22)24)21(2,14-10-25-12-26-11-14)20(30)27-15-5-7-31-8-6-15/h3-4,9-12,15,18H,5-8H2,1-2H3,(H,27,30)/t18-,21?/m0/s1. The first-order chi connectivity index (χ1) is 14.7. The van der Waals surface area contributed by atoms with E-state index in [-0.39, 0.29) is 17.3 Å². The summed E-state index contributed by atoms with van der Waals surface area (Å²) in [6.07, 6.45) is 5.04. The highest BCUT2D eigenvalue weighted by Gasteiger charge is 2.48. The number of amides is 2. The summed E-state index contributed by atoms with van der Waals surface area (Å²) in [7, 11) is 0. The number of nitrogens with one attached hydrogen (secondary N) is 1. The number of aryl methyl sites for hydroxylation is 1. The van der Waals surface area contributed by atoms with Crippen LogP contribution in [0.2, 0.25) is 0 Å². The highest BCUT2D eigenvalue weighted by molar-refractivity contribution is 6.32. The lowest BCUT2D eigenvalue weighted by Gasteiger charge is -2.41. The van der Waals surface area contributed by atoms with Crippen LogP contribution in [0.15, 0.2) is 36.9 Å². The second kappa shape index (κ2) is 9.65. The Morgan fingerprint density at radius 2 is 1.94 bits per heavy atom. The van der Waals surface area contributed by atoms with Crippen LogP contribution in [-0.2, 0) is 19.9 Å². The number of ether oxygens (including phenoxy) is 1. The Hall–Kier alpha value is -2.65. The van der Waals surface area contributed by atoms with E-state index in [2.05, 4.69) is 15.3 Å². The van der Waals surface area contributed by atoms with Gasteiger partial charge in [-0.3, -0.25) is 14.5 Å². The van der Waals surface area contributed by atoms with Crippen molar-refractivity contribution in [2.75, 3.05) is 18.1 Å². The molecule has 1 aromatic heterocycles. The zero-order valence-corrected chi connectivity index (χ0v) is 17.9. The number of nitrogens with zero attached hydrogens (tertiary/aromatic N) is 3. The highest BCUT2D eigenvalue weighted by atomic mass is 35.5. The zero-order chi connectivity index (χ0) is 22.6. The summed E-state index contributed by atoms with van der Waals surface area (Å²) in [6, 6.07) is 3.83. The quantitative estimate of drug-likeness (QED) is 0.681. The minimum absolute atomic E-state index is 0.171. The molecule has 0 saturated carbocycles. The first-order valence-corrected chi connectivity index (χ1v) is 10.2. The first-order valence-electron chi connectivity index (χ1n) is 9.77. The fraction of sp³-hybridized carbons (Fsp3) is 0.429. The summed E-state index contributed by atoms with van der Waals surface area (Å²) < 4.78 is 34.3. The van der Waals surface area contributed by atoms with E-state index in [1.807, 2.05) is 0 Å². The molecule has 166 valence electrons. The Morgan fingerprint density at radius 1 is 1.29 bits per heavy atom. The van der Waals surface area contributed by atoms with E-state index in [0.717, 1.165) is 4.90 Å². The molecule has 1 saturated heterocycles. The molecule has 0 spiro atoms. The van der Waals surface area contributed by atoms with Gasteiger partial charge in [-0.15, -0.1) is 0 Å². The molecule has 0 radical (unpaired) electrons. The van der Waals surface area contributed by atoms with Crippen molar-refractivity contribution in [2.45, 2.75) is 43.9 Å². The molecule has 2 amide bonds. The van der Waals surface area contributed by atoms with Crippen molar-refractivity contribution < 1.29 is 23.1 Å². The molecule has 31 heavy (non-hydrogen) atoms. The number of aromatic nitrogens is 2. The van der Waals surface area contributed by atoms with Crippen molar-refractivity contribution in [3.05, 3.63) is 53.9 Å². The van der Waals surface area contributed by atoms with Gasteiger partial charge in [0.05, 0.1) is 5.69 Å². The largest absolute Gasteiger partial charge is 0.381 e. The Balaban J connectivity index is 2.15. The predicted molar refractivity (Wildman–Crippen MR) is 111 cm³/mol. The van der Waals surface area contributed by atoms with E-state index in [4.69, 9.17) is 16.3 Å². The number of halogens is 3. The van der Waals surface area contributed by atoms with Crippen molar-refractivity contribution in [3.8, 4) is 0 Å². The molecule has 1 N–H and O–H groups in total. The molecule has 10 heteroatoms. The lowest BCUT2D eigenvalue weighted by atomic mass is 9.89. The molecule has 1 aliphatic heterocycles. The number of rotatable bonds is 6. The van der Waals surface area contributed by atoms with Crippen LogP contribution >= 0.6 is 11.6 Å². The van der Waals surface area contributed by atoms with Crippen molar-refractivity contribution >= 4 is 29.1 Å². The van der Waals surface area contributed by atoms with Crippen LogP contribution in [0.4, 0.5) is 14.5 Å². The molecule has 2 aromatic rings. The summed E-state index contributed by atoms with van der Waals surface area (Å²) in [5.74, 6) is -2.72. The number of carbonyl (C=O) groups excluding carboxylic acids is 2. The number of alkyl halides is 2. The topological polar surface area (TPSA) is 84.4 Å². The Bertz CT molecular complexity index is 941. The third-order valence-electron chi connectivity index (χ3n) is 5.32. The number of hydrogen-bond acceptors (Lipinski definition) is 5. The van der Waals surface area contributed by atoms with E-state index in [1.165, 1.54) is 37.8 Å². The Labute approximate surface area is 183 Å². The average molecular weight is 453 g/mol. The van der Waals surface area contributed by atoms with Gasteiger partial charge in [0.1, 0.15) is 12.1 Å². The van der Waals surface area contributed by atoms with E-state index in [1.54, 1.807) is 13.0 Å². The van der Waals surface area contributed by atoms with Crippen LogP contribution in [-0.4, -0.2) is 46.7 Å².